The first-order valence-electron chi connectivity index (χ1n) is 7.75. The monoisotopic (exact) mass is 375 g/mol. The number of nitrogens with one attached hydrogen (secondary N) is 1. The summed E-state index contributed by atoms with van der Waals surface area (Å²) in [4.78, 5) is 13.5. The number of nitrogens with zero attached hydrogens (tertiary/aromatic N) is 2. The molecule has 1 N–H and O–H groups in total. The summed E-state index contributed by atoms with van der Waals surface area (Å²) >= 11 is 6.81. The van der Waals surface area contributed by atoms with Gasteiger partial charge in [-0.1, -0.05) is 6.07 Å². The van der Waals surface area contributed by atoms with Gasteiger partial charge in [0.1, 0.15) is 17.5 Å². The van der Waals surface area contributed by atoms with E-state index in [2.05, 4.69) is 10.2 Å². The lowest BCUT2D eigenvalue weighted by Gasteiger charge is -2.14. The average molecular weight is 375 g/mol. The molecule has 0 bridgehead atoms. The highest BCUT2D eigenvalue weighted by Gasteiger charge is 2.23. The molecule has 0 saturated heterocycles. The molecule has 8 heteroatoms. The van der Waals surface area contributed by atoms with E-state index in [0.29, 0.717) is 23.0 Å². The number of hydrogen-bond acceptors (Lipinski definition) is 6. The minimum Gasteiger partial charge on any atom is -0.494 e. The molecule has 0 aliphatic carbocycles. The molecule has 0 amide bonds. The highest BCUT2D eigenvalue weighted by atomic mass is 32.1. The Morgan fingerprint density at radius 1 is 1.32 bits per heavy atom. The van der Waals surface area contributed by atoms with Crippen molar-refractivity contribution in [1.29, 1.82) is 0 Å². The maximum atomic E-state index is 12.5. The van der Waals surface area contributed by atoms with Crippen molar-refractivity contribution >= 4 is 29.5 Å². The van der Waals surface area contributed by atoms with E-state index in [-0.39, 0.29) is 0 Å². The Bertz CT molecular complexity index is 898. The van der Waals surface area contributed by atoms with Gasteiger partial charge in [0, 0.05) is 0 Å². The van der Waals surface area contributed by atoms with Crippen LogP contribution in [0.4, 0.5) is 0 Å². The van der Waals surface area contributed by atoms with Gasteiger partial charge in [-0.05, 0) is 61.8 Å². The van der Waals surface area contributed by atoms with Crippen molar-refractivity contribution in [3.63, 3.8) is 0 Å². The molecule has 0 saturated carbocycles. The average Bonchev–Trinajstić information content (AvgIpc) is 3.25. The van der Waals surface area contributed by atoms with Crippen LogP contribution < -0.4 is 9.47 Å². The third-order valence-electron chi connectivity index (χ3n) is 3.53. The summed E-state index contributed by atoms with van der Waals surface area (Å²) in [6.45, 7) is 4.23. The lowest BCUT2D eigenvalue weighted by atomic mass is 10.3. The van der Waals surface area contributed by atoms with Gasteiger partial charge in [-0.25, -0.2) is 4.79 Å². The van der Waals surface area contributed by atoms with E-state index in [4.69, 9.17) is 21.7 Å². The number of aromatic amines is 1. The third kappa shape index (κ3) is 3.80. The molecule has 0 radical (unpaired) electrons. The largest absolute Gasteiger partial charge is 0.494 e. The SMILES string of the molecule is CCOc1ccc(OC(=O)[C@@H](C)n2c(-c3cccs3)n[nH]c2=S)cc1. The van der Waals surface area contributed by atoms with Crippen molar-refractivity contribution in [2.45, 2.75) is 19.9 Å². The van der Waals surface area contributed by atoms with Crippen LogP contribution >= 0.6 is 23.6 Å². The first kappa shape index (κ1) is 17.4. The molecule has 25 heavy (non-hydrogen) atoms. The van der Waals surface area contributed by atoms with Crippen molar-refractivity contribution in [3.8, 4) is 22.2 Å². The van der Waals surface area contributed by atoms with E-state index in [1.807, 2.05) is 24.4 Å². The molecule has 3 aromatic rings. The van der Waals surface area contributed by atoms with Gasteiger partial charge in [0.2, 0.25) is 0 Å². The molecule has 130 valence electrons. The van der Waals surface area contributed by atoms with E-state index in [9.17, 15) is 4.79 Å². The zero-order chi connectivity index (χ0) is 17.8. The Morgan fingerprint density at radius 2 is 2.04 bits per heavy atom. The number of ether oxygens (including phenoxy) is 2. The van der Waals surface area contributed by atoms with Gasteiger partial charge in [0.25, 0.3) is 0 Å². The minimum absolute atomic E-state index is 0.375. The molecule has 2 aromatic heterocycles. The molecule has 2 heterocycles. The summed E-state index contributed by atoms with van der Waals surface area (Å²) in [6, 6.07) is 10.2. The number of esters is 1. The fourth-order valence-corrected chi connectivity index (χ4v) is 3.32. The number of hydrogen-bond donors (Lipinski definition) is 1. The first-order chi connectivity index (χ1) is 12.1. The molecule has 0 aliphatic heterocycles. The van der Waals surface area contributed by atoms with Gasteiger partial charge in [-0.2, -0.15) is 5.10 Å². The van der Waals surface area contributed by atoms with Crippen LogP contribution in [0.2, 0.25) is 0 Å². The predicted octanol–water partition coefficient (Wildman–Crippen LogP) is 4.23. The normalized spacial score (nSPS) is 11.9. The fourth-order valence-electron chi connectivity index (χ4n) is 2.32. The van der Waals surface area contributed by atoms with Gasteiger partial charge >= 0.3 is 5.97 Å². The summed E-state index contributed by atoms with van der Waals surface area (Å²) < 4.78 is 12.9. The topological polar surface area (TPSA) is 69.1 Å². The number of carbonyl (C=O) groups is 1. The van der Waals surface area contributed by atoms with Crippen LogP contribution in [-0.2, 0) is 4.79 Å². The number of aromatic nitrogens is 3. The van der Waals surface area contributed by atoms with Crippen LogP contribution in [0, 0.1) is 4.77 Å². The summed E-state index contributed by atoms with van der Waals surface area (Å²) in [7, 11) is 0. The molecule has 3 rings (SSSR count). The van der Waals surface area contributed by atoms with Crippen LogP contribution in [0.3, 0.4) is 0 Å². The van der Waals surface area contributed by atoms with E-state index >= 15 is 0 Å². The zero-order valence-corrected chi connectivity index (χ0v) is 15.4. The Balaban J connectivity index is 1.79. The second kappa shape index (κ2) is 7.62. The van der Waals surface area contributed by atoms with Gasteiger partial charge in [-0.3, -0.25) is 9.67 Å². The summed E-state index contributed by atoms with van der Waals surface area (Å²) in [5.74, 6) is 1.39. The standard InChI is InChI=1S/C17H17N3O3S2/c1-3-22-12-6-8-13(9-7-12)23-16(21)11(2)20-15(18-19-17(20)24)14-5-4-10-25-14/h4-11H,3H2,1-2H3,(H,19,24)/t11-/m1/s1. The molecule has 1 atom stereocenters. The lowest BCUT2D eigenvalue weighted by molar-refractivity contribution is -0.137. The number of carbonyl (C=O) groups excluding carboxylic acids is 1. The number of benzene rings is 1. The van der Waals surface area contributed by atoms with E-state index in [1.165, 1.54) is 11.3 Å². The summed E-state index contributed by atoms with van der Waals surface area (Å²) in [6.07, 6.45) is 0. The molecule has 0 fully saturated rings. The number of thiophene rings is 1. The Labute approximate surface area is 154 Å². The third-order valence-corrected chi connectivity index (χ3v) is 4.68. The molecular weight excluding hydrogens is 358 g/mol. The highest BCUT2D eigenvalue weighted by molar-refractivity contribution is 7.71. The number of H-pyrrole nitrogens is 1. The van der Waals surface area contributed by atoms with E-state index < -0.39 is 12.0 Å². The molecule has 1 aromatic carbocycles. The van der Waals surface area contributed by atoms with Crippen molar-refractivity contribution in [3.05, 3.63) is 46.5 Å². The van der Waals surface area contributed by atoms with Crippen LogP contribution in [0.25, 0.3) is 10.7 Å². The second-order valence-electron chi connectivity index (χ2n) is 5.20. The van der Waals surface area contributed by atoms with Gasteiger partial charge < -0.3 is 9.47 Å². The Hall–Kier alpha value is -2.45. The van der Waals surface area contributed by atoms with Gasteiger partial charge in [-0.15, -0.1) is 11.3 Å². The minimum atomic E-state index is -0.616. The van der Waals surface area contributed by atoms with Crippen LogP contribution in [0.15, 0.2) is 41.8 Å². The predicted molar refractivity (Wildman–Crippen MR) is 98.7 cm³/mol. The Morgan fingerprint density at radius 3 is 2.68 bits per heavy atom. The lowest BCUT2D eigenvalue weighted by Crippen LogP contribution is -2.22. The van der Waals surface area contributed by atoms with Crippen molar-refractivity contribution < 1.29 is 14.3 Å². The molecule has 6 nitrogen and oxygen atoms in total. The van der Waals surface area contributed by atoms with Gasteiger partial charge in [0.15, 0.2) is 10.6 Å². The van der Waals surface area contributed by atoms with Crippen LogP contribution in [0.5, 0.6) is 11.5 Å². The van der Waals surface area contributed by atoms with Gasteiger partial charge in [0.05, 0.1) is 11.5 Å². The Kier molecular flexibility index (Phi) is 5.30. The van der Waals surface area contributed by atoms with Crippen LogP contribution in [-0.4, -0.2) is 27.3 Å². The van der Waals surface area contributed by atoms with Crippen molar-refractivity contribution in [2.75, 3.05) is 6.61 Å². The van der Waals surface area contributed by atoms with Crippen LogP contribution in [0.1, 0.15) is 19.9 Å². The quantitative estimate of drug-likeness (QED) is 0.397. The van der Waals surface area contributed by atoms with E-state index in [1.54, 1.807) is 35.8 Å². The van der Waals surface area contributed by atoms with Crippen molar-refractivity contribution in [2.24, 2.45) is 0 Å². The van der Waals surface area contributed by atoms with E-state index in [0.717, 1.165) is 10.6 Å². The zero-order valence-electron chi connectivity index (χ0n) is 13.8. The maximum Gasteiger partial charge on any atom is 0.334 e. The molecule has 0 aliphatic rings. The summed E-state index contributed by atoms with van der Waals surface area (Å²) in [5, 5.41) is 8.92. The summed E-state index contributed by atoms with van der Waals surface area (Å²) in [5.41, 5.74) is 0. The number of rotatable bonds is 6. The second-order valence-corrected chi connectivity index (χ2v) is 6.54. The molecule has 0 unspecified atom stereocenters. The maximum absolute atomic E-state index is 12.5. The smallest absolute Gasteiger partial charge is 0.334 e. The van der Waals surface area contributed by atoms with Crippen molar-refractivity contribution in [1.82, 2.24) is 14.8 Å². The first-order valence-corrected chi connectivity index (χ1v) is 9.04. The molecule has 0 spiro atoms. The fraction of sp³-hybridized carbons (Fsp3) is 0.235. The molecular formula is C17H17N3O3S2. The highest BCUT2D eigenvalue weighted by Crippen LogP contribution is 2.26.